The Hall–Kier alpha value is -3.80. The molecule has 6 nitrogen and oxygen atoms in total. The van der Waals surface area contributed by atoms with Gasteiger partial charge in [-0.15, -0.1) is 0 Å². The Morgan fingerprint density at radius 2 is 1.45 bits per heavy atom. The largest absolute Gasteiger partial charge is 0.494 e. The van der Waals surface area contributed by atoms with Crippen molar-refractivity contribution >= 4 is 17.6 Å². The molecule has 3 rings (SSSR count). The summed E-state index contributed by atoms with van der Waals surface area (Å²) in [7, 11) is 0. The first-order valence-electron chi connectivity index (χ1n) is 10.1. The zero-order valence-electron chi connectivity index (χ0n) is 17.4. The van der Waals surface area contributed by atoms with Crippen LogP contribution in [0.1, 0.15) is 13.3 Å². The van der Waals surface area contributed by atoms with Crippen LogP contribution in [0.5, 0.6) is 11.5 Å². The molecule has 0 heterocycles. The van der Waals surface area contributed by atoms with E-state index < -0.39 is 11.9 Å². The van der Waals surface area contributed by atoms with Gasteiger partial charge in [-0.25, -0.2) is 0 Å². The molecular weight excluding hydrogens is 394 g/mol. The number of para-hydroxylation sites is 1. The van der Waals surface area contributed by atoms with Crippen LogP contribution >= 0.6 is 0 Å². The molecule has 0 bridgehead atoms. The van der Waals surface area contributed by atoms with Crippen molar-refractivity contribution < 1.29 is 23.8 Å². The van der Waals surface area contributed by atoms with Crippen LogP contribution in [0.25, 0.3) is 11.1 Å². The molecule has 3 aromatic rings. The number of rotatable bonds is 10. The molecule has 1 N–H and O–H groups in total. The maximum Gasteiger partial charge on any atom is 0.309 e. The molecule has 6 heteroatoms. The van der Waals surface area contributed by atoms with Gasteiger partial charge in [0.25, 0.3) is 5.91 Å². The Labute approximate surface area is 181 Å². The number of amides is 1. The first-order chi connectivity index (χ1) is 15.2. The van der Waals surface area contributed by atoms with Crippen molar-refractivity contribution in [3.63, 3.8) is 0 Å². The van der Waals surface area contributed by atoms with Gasteiger partial charge in [0.1, 0.15) is 11.5 Å². The van der Waals surface area contributed by atoms with E-state index in [1.807, 2.05) is 61.5 Å². The SMILES string of the molecule is CCOc1ccc(OCCC(=O)OCC(=O)Nc2ccccc2-c2ccccc2)cc1. The number of carbonyl (C=O) groups is 2. The molecule has 0 atom stereocenters. The Morgan fingerprint density at radius 3 is 2.16 bits per heavy atom. The van der Waals surface area contributed by atoms with Gasteiger partial charge in [-0.1, -0.05) is 48.5 Å². The molecule has 3 aromatic carbocycles. The molecule has 0 fully saturated rings. The van der Waals surface area contributed by atoms with E-state index in [1.54, 1.807) is 24.3 Å². The maximum atomic E-state index is 12.2. The quantitative estimate of drug-likeness (QED) is 0.482. The topological polar surface area (TPSA) is 73.9 Å². The minimum absolute atomic E-state index is 0.0428. The molecule has 0 saturated heterocycles. The molecule has 0 saturated carbocycles. The van der Waals surface area contributed by atoms with Crippen molar-refractivity contribution in [2.75, 3.05) is 25.1 Å². The van der Waals surface area contributed by atoms with Gasteiger partial charge in [0, 0.05) is 11.3 Å². The lowest BCUT2D eigenvalue weighted by molar-refractivity contribution is -0.147. The van der Waals surface area contributed by atoms with Crippen molar-refractivity contribution in [1.82, 2.24) is 0 Å². The highest BCUT2D eigenvalue weighted by Gasteiger charge is 2.11. The highest BCUT2D eigenvalue weighted by molar-refractivity contribution is 5.96. The normalized spacial score (nSPS) is 10.2. The molecule has 0 aliphatic carbocycles. The van der Waals surface area contributed by atoms with Crippen LogP contribution in [0.4, 0.5) is 5.69 Å². The third-order valence-electron chi connectivity index (χ3n) is 4.36. The Balaban J connectivity index is 1.42. The predicted molar refractivity (Wildman–Crippen MR) is 119 cm³/mol. The van der Waals surface area contributed by atoms with Gasteiger partial charge in [0.15, 0.2) is 6.61 Å². The number of hydrogen-bond donors (Lipinski definition) is 1. The number of nitrogens with one attached hydrogen (secondary N) is 1. The molecule has 0 unspecified atom stereocenters. The molecule has 1 amide bonds. The van der Waals surface area contributed by atoms with Gasteiger partial charge in [0.2, 0.25) is 0 Å². The summed E-state index contributed by atoms with van der Waals surface area (Å²) in [6, 6.07) is 24.4. The summed E-state index contributed by atoms with van der Waals surface area (Å²) in [4.78, 5) is 24.2. The van der Waals surface area contributed by atoms with Gasteiger partial charge in [0.05, 0.1) is 19.6 Å². The van der Waals surface area contributed by atoms with E-state index in [0.717, 1.165) is 16.9 Å². The van der Waals surface area contributed by atoms with E-state index in [0.29, 0.717) is 18.0 Å². The highest BCUT2D eigenvalue weighted by Crippen LogP contribution is 2.27. The highest BCUT2D eigenvalue weighted by atomic mass is 16.5. The zero-order chi connectivity index (χ0) is 21.9. The number of ether oxygens (including phenoxy) is 3. The molecule has 0 aliphatic heterocycles. The number of esters is 1. The van der Waals surface area contributed by atoms with E-state index in [1.165, 1.54) is 0 Å². The predicted octanol–water partition coefficient (Wildman–Crippen LogP) is 4.70. The second-order valence-electron chi connectivity index (χ2n) is 6.62. The smallest absolute Gasteiger partial charge is 0.309 e. The van der Waals surface area contributed by atoms with E-state index in [2.05, 4.69) is 5.32 Å². The maximum absolute atomic E-state index is 12.2. The first kappa shape index (κ1) is 21.9. The molecule has 0 spiro atoms. The average Bonchev–Trinajstić information content (AvgIpc) is 2.80. The van der Waals surface area contributed by atoms with E-state index in [-0.39, 0.29) is 19.6 Å². The zero-order valence-corrected chi connectivity index (χ0v) is 17.4. The summed E-state index contributed by atoms with van der Waals surface area (Å²) >= 11 is 0. The molecule has 0 aliphatic rings. The fourth-order valence-electron chi connectivity index (χ4n) is 2.92. The Morgan fingerprint density at radius 1 is 0.806 bits per heavy atom. The first-order valence-corrected chi connectivity index (χ1v) is 10.1. The summed E-state index contributed by atoms with van der Waals surface area (Å²) in [5.74, 6) is 0.488. The van der Waals surface area contributed by atoms with Gasteiger partial charge in [-0.3, -0.25) is 9.59 Å². The summed E-state index contributed by atoms with van der Waals surface area (Å²) in [6.45, 7) is 2.31. The lowest BCUT2D eigenvalue weighted by Gasteiger charge is -2.12. The Kier molecular flexibility index (Phi) is 8.05. The van der Waals surface area contributed by atoms with Gasteiger partial charge in [-0.05, 0) is 42.8 Å². The number of hydrogen-bond acceptors (Lipinski definition) is 5. The summed E-state index contributed by atoms with van der Waals surface area (Å²) in [6.07, 6.45) is 0.0428. The van der Waals surface area contributed by atoms with Crippen LogP contribution in [0, 0.1) is 0 Å². The number of anilines is 1. The second-order valence-corrected chi connectivity index (χ2v) is 6.62. The van der Waals surface area contributed by atoms with E-state index in [4.69, 9.17) is 14.2 Å². The molecule has 0 aromatic heterocycles. The van der Waals surface area contributed by atoms with Gasteiger partial charge in [-0.2, -0.15) is 0 Å². The van der Waals surface area contributed by atoms with E-state index in [9.17, 15) is 9.59 Å². The van der Waals surface area contributed by atoms with Crippen LogP contribution in [-0.4, -0.2) is 31.7 Å². The lowest BCUT2D eigenvalue weighted by Crippen LogP contribution is -2.22. The fraction of sp³-hybridized carbons (Fsp3) is 0.200. The van der Waals surface area contributed by atoms with Gasteiger partial charge >= 0.3 is 5.97 Å². The van der Waals surface area contributed by atoms with Crippen molar-refractivity contribution in [3.8, 4) is 22.6 Å². The number of benzene rings is 3. The molecule has 0 radical (unpaired) electrons. The molecular formula is C25H25NO5. The number of carbonyl (C=O) groups excluding carboxylic acids is 2. The van der Waals surface area contributed by atoms with Crippen LogP contribution < -0.4 is 14.8 Å². The van der Waals surface area contributed by atoms with Crippen LogP contribution in [-0.2, 0) is 14.3 Å². The van der Waals surface area contributed by atoms with Crippen LogP contribution in [0.15, 0.2) is 78.9 Å². The summed E-state index contributed by atoms with van der Waals surface area (Å²) in [5.41, 5.74) is 2.54. The van der Waals surface area contributed by atoms with Crippen molar-refractivity contribution in [2.24, 2.45) is 0 Å². The van der Waals surface area contributed by atoms with E-state index >= 15 is 0 Å². The average molecular weight is 419 g/mol. The molecule has 31 heavy (non-hydrogen) atoms. The third kappa shape index (κ3) is 6.89. The van der Waals surface area contributed by atoms with Gasteiger partial charge < -0.3 is 19.5 Å². The minimum atomic E-state index is -0.502. The second kappa shape index (κ2) is 11.4. The Bertz CT molecular complexity index is 986. The summed E-state index contributed by atoms with van der Waals surface area (Å²) < 4.78 is 15.9. The standard InChI is InChI=1S/C25H25NO5/c1-2-29-20-12-14-21(15-13-20)30-17-16-25(28)31-18-24(27)26-23-11-7-6-10-22(23)19-8-4-3-5-9-19/h3-15H,2,16-18H2,1H3,(H,26,27). The summed E-state index contributed by atoms with van der Waals surface area (Å²) in [5, 5.41) is 2.80. The molecule has 160 valence electrons. The third-order valence-corrected chi connectivity index (χ3v) is 4.36. The van der Waals surface area contributed by atoms with Crippen LogP contribution in [0.2, 0.25) is 0 Å². The minimum Gasteiger partial charge on any atom is -0.494 e. The van der Waals surface area contributed by atoms with Crippen molar-refractivity contribution in [3.05, 3.63) is 78.9 Å². The van der Waals surface area contributed by atoms with Crippen LogP contribution in [0.3, 0.4) is 0 Å². The van der Waals surface area contributed by atoms with Crippen molar-refractivity contribution in [2.45, 2.75) is 13.3 Å². The lowest BCUT2D eigenvalue weighted by atomic mass is 10.0. The monoisotopic (exact) mass is 419 g/mol. The van der Waals surface area contributed by atoms with Crippen molar-refractivity contribution in [1.29, 1.82) is 0 Å². The fourth-order valence-corrected chi connectivity index (χ4v) is 2.92.